The molecule has 4 N–H and O–H groups in total. The predicted octanol–water partition coefficient (Wildman–Crippen LogP) is 5.45. The number of likely N-dealkylation sites (N-methyl/N-ethyl adjacent to an activating group) is 2. The second kappa shape index (κ2) is 12.2. The highest BCUT2D eigenvalue weighted by molar-refractivity contribution is 6.02. The molecule has 11 heteroatoms. The summed E-state index contributed by atoms with van der Waals surface area (Å²) in [5, 5.41) is 15.7. The lowest BCUT2D eigenvalue weighted by Crippen LogP contribution is -2.27. The Labute approximate surface area is 254 Å². The summed E-state index contributed by atoms with van der Waals surface area (Å²) in [5.74, 6) is -0.417. The number of hydrogen-bond acceptors (Lipinski definition) is 7. The maximum atomic E-state index is 14.7. The molecule has 0 atom stereocenters. The first-order valence-corrected chi connectivity index (χ1v) is 14.3. The average Bonchev–Trinajstić information content (AvgIpc) is 3.60. The summed E-state index contributed by atoms with van der Waals surface area (Å²) in [7, 11) is 7.69. The number of benzene rings is 2. The van der Waals surface area contributed by atoms with Crippen molar-refractivity contribution in [2.45, 2.75) is 0 Å². The number of fused-ring (bicyclic) bond motifs is 2. The van der Waals surface area contributed by atoms with E-state index in [4.69, 9.17) is 0 Å². The zero-order chi connectivity index (χ0) is 30.8. The number of hydrogen-bond donors (Lipinski definition) is 4. The fourth-order valence-electron chi connectivity index (χ4n) is 5.22. The number of H-pyrrole nitrogens is 2. The van der Waals surface area contributed by atoms with E-state index in [9.17, 15) is 9.18 Å². The molecule has 6 rings (SSSR count). The van der Waals surface area contributed by atoms with Crippen LogP contribution in [0, 0.1) is 5.82 Å². The number of nitrogens with zero attached hydrogens (tertiary/aromatic N) is 5. The molecule has 0 bridgehead atoms. The van der Waals surface area contributed by atoms with Gasteiger partial charge in [0.2, 0.25) is 5.91 Å². The third-order valence-corrected chi connectivity index (χ3v) is 7.24. The van der Waals surface area contributed by atoms with Gasteiger partial charge >= 0.3 is 0 Å². The molecule has 10 nitrogen and oxygen atoms in total. The Morgan fingerprint density at radius 3 is 2.55 bits per heavy atom. The highest BCUT2D eigenvalue weighted by Crippen LogP contribution is 2.36. The van der Waals surface area contributed by atoms with Crippen molar-refractivity contribution in [1.29, 1.82) is 0 Å². The van der Waals surface area contributed by atoms with E-state index in [1.54, 1.807) is 29.6 Å². The first-order valence-electron chi connectivity index (χ1n) is 14.3. The lowest BCUT2D eigenvalue weighted by atomic mass is 10.0. The molecule has 0 unspecified atom stereocenters. The minimum Gasteiger partial charge on any atom is -0.384 e. The molecule has 224 valence electrons. The van der Waals surface area contributed by atoms with Gasteiger partial charge in [-0.2, -0.15) is 5.10 Å². The van der Waals surface area contributed by atoms with E-state index in [2.05, 4.69) is 40.7 Å². The van der Waals surface area contributed by atoms with Crippen molar-refractivity contribution in [3.63, 3.8) is 0 Å². The van der Waals surface area contributed by atoms with Gasteiger partial charge in [0, 0.05) is 46.8 Å². The molecule has 0 aliphatic heterocycles. The minimum atomic E-state index is -0.295. The lowest BCUT2D eigenvalue weighted by Gasteiger charge is -2.13. The Balaban J connectivity index is 1.33. The normalized spacial score (nSPS) is 11.6. The Hall–Kier alpha value is -5.13. The molecular formula is C33H34FN9O. The van der Waals surface area contributed by atoms with Crippen molar-refractivity contribution in [2.24, 2.45) is 0 Å². The Morgan fingerprint density at radius 2 is 1.73 bits per heavy atom. The summed E-state index contributed by atoms with van der Waals surface area (Å²) in [4.78, 5) is 28.6. The van der Waals surface area contributed by atoms with Gasteiger partial charge in [0.15, 0.2) is 0 Å². The fraction of sp³-hybridized carbons (Fsp3) is 0.212. The van der Waals surface area contributed by atoms with E-state index in [0.29, 0.717) is 17.9 Å². The number of amides is 1. The Kier molecular flexibility index (Phi) is 8.05. The molecule has 0 radical (unpaired) electrons. The van der Waals surface area contributed by atoms with Gasteiger partial charge in [0.05, 0.1) is 41.5 Å². The fourth-order valence-corrected chi connectivity index (χ4v) is 5.22. The molecule has 4 aromatic heterocycles. The molecule has 0 aliphatic rings. The smallest absolute Gasteiger partial charge is 0.238 e. The van der Waals surface area contributed by atoms with Gasteiger partial charge < -0.3 is 25.4 Å². The maximum absolute atomic E-state index is 14.7. The van der Waals surface area contributed by atoms with E-state index < -0.39 is 0 Å². The van der Waals surface area contributed by atoms with Crippen LogP contribution in [0.5, 0.6) is 0 Å². The molecule has 0 fully saturated rings. The van der Waals surface area contributed by atoms with Gasteiger partial charge in [-0.3, -0.25) is 19.9 Å². The van der Waals surface area contributed by atoms with Gasteiger partial charge in [-0.05, 0) is 81.8 Å². The number of rotatable bonds is 10. The number of aromatic nitrogens is 5. The number of halogens is 1. The minimum absolute atomic E-state index is 0.122. The highest BCUT2D eigenvalue weighted by Gasteiger charge is 2.16. The van der Waals surface area contributed by atoms with E-state index in [1.165, 1.54) is 6.07 Å². The summed E-state index contributed by atoms with van der Waals surface area (Å²) in [6.07, 6.45) is 5.07. The molecule has 44 heavy (non-hydrogen) atoms. The summed E-state index contributed by atoms with van der Waals surface area (Å²) in [6.45, 7) is 1.82. The van der Waals surface area contributed by atoms with Crippen LogP contribution >= 0.6 is 0 Å². The Morgan fingerprint density at radius 1 is 0.886 bits per heavy atom. The van der Waals surface area contributed by atoms with Crippen LogP contribution in [0.1, 0.15) is 0 Å². The monoisotopic (exact) mass is 591 g/mol. The number of carbonyl (C=O) groups excluding carboxylic acids is 1. The van der Waals surface area contributed by atoms with Crippen LogP contribution in [-0.2, 0) is 4.79 Å². The maximum Gasteiger partial charge on any atom is 0.238 e. The molecule has 0 aliphatic carbocycles. The van der Waals surface area contributed by atoms with Crippen LogP contribution in [-0.4, -0.2) is 88.7 Å². The average molecular weight is 592 g/mol. The van der Waals surface area contributed by atoms with E-state index in [1.807, 2.05) is 70.7 Å². The molecule has 4 heterocycles. The van der Waals surface area contributed by atoms with Gasteiger partial charge in [0.25, 0.3) is 0 Å². The van der Waals surface area contributed by atoms with Crippen molar-refractivity contribution < 1.29 is 9.18 Å². The molecule has 2 aromatic carbocycles. The van der Waals surface area contributed by atoms with Crippen LogP contribution in [0.3, 0.4) is 0 Å². The molecule has 0 saturated carbocycles. The van der Waals surface area contributed by atoms with Crippen LogP contribution in [0.4, 0.5) is 15.8 Å². The summed E-state index contributed by atoms with van der Waals surface area (Å²) in [6, 6.07) is 16.9. The quantitative estimate of drug-likeness (QED) is 0.167. The first kappa shape index (κ1) is 29.0. The number of nitrogens with one attached hydrogen (secondary N) is 4. The zero-order valence-corrected chi connectivity index (χ0v) is 25.1. The molecule has 1 amide bonds. The van der Waals surface area contributed by atoms with Gasteiger partial charge in [0.1, 0.15) is 11.5 Å². The molecule has 0 saturated heterocycles. The lowest BCUT2D eigenvalue weighted by molar-refractivity contribution is -0.116. The second-order valence-electron chi connectivity index (χ2n) is 11.3. The van der Waals surface area contributed by atoms with Crippen molar-refractivity contribution in [3.8, 4) is 33.8 Å². The van der Waals surface area contributed by atoms with Crippen molar-refractivity contribution in [1.82, 2.24) is 34.9 Å². The van der Waals surface area contributed by atoms with Gasteiger partial charge in [-0.1, -0.05) is 12.1 Å². The standard InChI is InChI=1S/C33H34FN9O/c1-42(2)9-8-36-23-11-20(10-22(34)13-23)25-6-5-7-28-26(25)14-30(39-28)33-27-15-29(37-18-31(27)40-41-33)21-12-24(17-35-16-21)38-32(44)19-43(3)4/h5-7,10-18,36,39H,8-9,19H2,1-4H3,(H,38,44)(H,40,41). The third-order valence-electron chi connectivity index (χ3n) is 7.24. The van der Waals surface area contributed by atoms with Crippen molar-refractivity contribution >= 4 is 39.1 Å². The first-order chi connectivity index (χ1) is 21.2. The van der Waals surface area contributed by atoms with Crippen LogP contribution in [0.15, 0.2) is 73.2 Å². The Bertz CT molecular complexity index is 1960. The summed E-state index contributed by atoms with van der Waals surface area (Å²) in [5.41, 5.74) is 7.76. The zero-order valence-electron chi connectivity index (χ0n) is 25.1. The number of pyridine rings is 2. The van der Waals surface area contributed by atoms with E-state index in [0.717, 1.165) is 62.1 Å². The van der Waals surface area contributed by atoms with Crippen molar-refractivity contribution in [2.75, 3.05) is 58.5 Å². The number of aromatic amines is 2. The number of anilines is 2. The third kappa shape index (κ3) is 6.29. The van der Waals surface area contributed by atoms with E-state index in [-0.39, 0.29) is 18.3 Å². The molecule has 6 aromatic rings. The van der Waals surface area contributed by atoms with Gasteiger partial charge in [-0.25, -0.2) is 4.39 Å². The predicted molar refractivity (Wildman–Crippen MR) is 174 cm³/mol. The molecular weight excluding hydrogens is 557 g/mol. The summed E-state index contributed by atoms with van der Waals surface area (Å²) >= 11 is 0. The van der Waals surface area contributed by atoms with Gasteiger partial charge in [-0.15, -0.1) is 0 Å². The van der Waals surface area contributed by atoms with Crippen LogP contribution in [0.2, 0.25) is 0 Å². The number of carbonyl (C=O) groups is 1. The van der Waals surface area contributed by atoms with Crippen LogP contribution in [0.25, 0.3) is 55.6 Å². The molecule has 0 spiro atoms. The SMILES string of the molecule is CN(C)CCNc1cc(F)cc(-c2cccc3[nH]c(-c4n[nH]c5cnc(-c6cncc(NC(=O)CN(C)C)c6)cc45)cc23)c1. The second-order valence-corrected chi connectivity index (χ2v) is 11.3. The van der Waals surface area contributed by atoms with E-state index >= 15 is 0 Å². The van der Waals surface area contributed by atoms with Crippen molar-refractivity contribution in [3.05, 3.63) is 79.0 Å². The largest absolute Gasteiger partial charge is 0.384 e. The topological polar surface area (TPSA) is 118 Å². The van der Waals surface area contributed by atoms with Crippen LogP contribution < -0.4 is 10.6 Å². The highest BCUT2D eigenvalue weighted by atomic mass is 19.1. The summed E-state index contributed by atoms with van der Waals surface area (Å²) < 4.78 is 14.7.